The number of pyridine rings is 1. The zero-order valence-electron chi connectivity index (χ0n) is 13.5. The monoisotopic (exact) mass is 346 g/mol. The topological polar surface area (TPSA) is 121 Å². The Hall–Kier alpha value is -3.87. The summed E-state index contributed by atoms with van der Waals surface area (Å²) in [5.74, 6) is -1.08. The summed E-state index contributed by atoms with van der Waals surface area (Å²) in [6.07, 6.45) is 1.74. The highest BCUT2D eigenvalue weighted by molar-refractivity contribution is 6.11. The zero-order valence-corrected chi connectivity index (χ0v) is 13.5. The maximum Gasteiger partial charge on any atom is 0.340 e. The number of anilines is 1. The van der Waals surface area contributed by atoms with Gasteiger partial charge in [0.1, 0.15) is 11.4 Å². The van der Waals surface area contributed by atoms with Crippen molar-refractivity contribution >= 4 is 39.6 Å². The Morgan fingerprint density at radius 1 is 1.08 bits per heavy atom. The molecular formula is C19H14N4O3. The van der Waals surface area contributed by atoms with E-state index in [4.69, 9.17) is 5.73 Å². The number of fused-ring (bicyclic) bond motifs is 2. The highest BCUT2D eigenvalue weighted by Crippen LogP contribution is 2.33. The summed E-state index contributed by atoms with van der Waals surface area (Å²) in [5.41, 5.74) is 8.45. The number of carbonyl (C=O) groups is 2. The third-order valence-corrected chi connectivity index (χ3v) is 4.22. The van der Waals surface area contributed by atoms with E-state index in [1.165, 1.54) is 0 Å². The number of hydrogen-bond acceptors (Lipinski definition) is 3. The van der Waals surface area contributed by atoms with Crippen molar-refractivity contribution in [3.05, 3.63) is 60.3 Å². The predicted molar refractivity (Wildman–Crippen MR) is 99.2 cm³/mol. The first-order valence-electron chi connectivity index (χ1n) is 7.84. The van der Waals surface area contributed by atoms with Crippen LogP contribution in [0.15, 0.2) is 54.7 Å². The molecule has 0 spiro atoms. The number of carbonyl (C=O) groups excluding carboxylic acids is 1. The molecular weight excluding hydrogens is 332 g/mol. The summed E-state index contributed by atoms with van der Waals surface area (Å²) in [7, 11) is 0. The second-order valence-corrected chi connectivity index (χ2v) is 5.81. The minimum absolute atomic E-state index is 0.0232. The van der Waals surface area contributed by atoms with Crippen molar-refractivity contribution in [3.63, 3.8) is 0 Å². The Balaban J connectivity index is 1.93. The standard InChI is InChI=1S/C19H14N4O3/c20-19(26)23-17-16(18(24)25)13-7-6-10(9-15(13)22-17)11-3-1-5-14-12(11)4-2-8-21-14/h1-9,22H,(H,24,25)(H3,20,23,26). The summed E-state index contributed by atoms with van der Waals surface area (Å²) in [6.45, 7) is 0. The minimum Gasteiger partial charge on any atom is -0.478 e. The van der Waals surface area contributed by atoms with Crippen LogP contribution < -0.4 is 11.1 Å². The second-order valence-electron chi connectivity index (χ2n) is 5.81. The fraction of sp³-hybridized carbons (Fsp3) is 0. The van der Waals surface area contributed by atoms with Crippen LogP contribution in [0.1, 0.15) is 10.4 Å². The number of aromatic carboxylic acids is 1. The Morgan fingerprint density at radius 2 is 1.92 bits per heavy atom. The van der Waals surface area contributed by atoms with Crippen molar-refractivity contribution in [1.29, 1.82) is 0 Å². The Labute approximate surface area is 147 Å². The molecule has 4 rings (SSSR count). The molecule has 0 aliphatic carbocycles. The van der Waals surface area contributed by atoms with Crippen LogP contribution >= 0.6 is 0 Å². The van der Waals surface area contributed by atoms with Crippen LogP contribution in [0.3, 0.4) is 0 Å². The third-order valence-electron chi connectivity index (χ3n) is 4.22. The Kier molecular flexibility index (Phi) is 3.54. The van der Waals surface area contributed by atoms with Crippen LogP contribution in [0, 0.1) is 0 Å². The van der Waals surface area contributed by atoms with Gasteiger partial charge in [-0.3, -0.25) is 10.3 Å². The average Bonchev–Trinajstić information content (AvgIpc) is 2.97. The van der Waals surface area contributed by atoms with E-state index in [0.29, 0.717) is 10.9 Å². The van der Waals surface area contributed by atoms with E-state index in [-0.39, 0.29) is 11.4 Å². The van der Waals surface area contributed by atoms with Gasteiger partial charge in [-0.1, -0.05) is 30.3 Å². The first-order valence-corrected chi connectivity index (χ1v) is 7.84. The summed E-state index contributed by atoms with van der Waals surface area (Å²) < 4.78 is 0. The predicted octanol–water partition coefficient (Wildman–Crippen LogP) is 3.57. The highest BCUT2D eigenvalue weighted by Gasteiger charge is 2.19. The lowest BCUT2D eigenvalue weighted by Gasteiger charge is -2.06. The summed E-state index contributed by atoms with van der Waals surface area (Å²) >= 11 is 0. The molecule has 26 heavy (non-hydrogen) atoms. The van der Waals surface area contributed by atoms with E-state index in [2.05, 4.69) is 15.3 Å². The summed E-state index contributed by atoms with van der Waals surface area (Å²) in [4.78, 5) is 30.0. The summed E-state index contributed by atoms with van der Waals surface area (Å²) in [5, 5.41) is 13.3. The number of H-pyrrole nitrogens is 1. The van der Waals surface area contributed by atoms with Crippen molar-refractivity contribution in [2.24, 2.45) is 5.73 Å². The Bertz CT molecular complexity index is 1170. The van der Waals surface area contributed by atoms with Crippen molar-refractivity contribution in [1.82, 2.24) is 9.97 Å². The molecule has 7 heteroatoms. The van der Waals surface area contributed by atoms with Gasteiger partial charge >= 0.3 is 12.0 Å². The van der Waals surface area contributed by atoms with Gasteiger partial charge < -0.3 is 15.8 Å². The van der Waals surface area contributed by atoms with E-state index < -0.39 is 12.0 Å². The van der Waals surface area contributed by atoms with Crippen LogP contribution in [0.4, 0.5) is 10.6 Å². The normalized spacial score (nSPS) is 10.9. The fourth-order valence-corrected chi connectivity index (χ4v) is 3.16. The Morgan fingerprint density at radius 3 is 2.69 bits per heavy atom. The number of nitrogens with one attached hydrogen (secondary N) is 2. The van der Waals surface area contributed by atoms with Crippen LogP contribution in [0.5, 0.6) is 0 Å². The van der Waals surface area contributed by atoms with Gasteiger partial charge in [-0.15, -0.1) is 0 Å². The SMILES string of the molecule is NC(=O)Nc1[nH]c2cc(-c3cccc4ncccc34)ccc2c1C(=O)O. The van der Waals surface area contributed by atoms with Gasteiger partial charge in [0.05, 0.1) is 5.52 Å². The van der Waals surface area contributed by atoms with Crippen molar-refractivity contribution < 1.29 is 14.7 Å². The number of aromatic nitrogens is 2. The van der Waals surface area contributed by atoms with Crippen LogP contribution in [0.2, 0.25) is 0 Å². The van der Waals surface area contributed by atoms with Gasteiger partial charge in [-0.05, 0) is 29.3 Å². The van der Waals surface area contributed by atoms with E-state index in [9.17, 15) is 14.7 Å². The number of carboxylic acid groups (broad SMARTS) is 1. The number of carboxylic acids is 1. The summed E-state index contributed by atoms with van der Waals surface area (Å²) in [6, 6.07) is 14.3. The minimum atomic E-state index is -1.15. The number of nitrogens with two attached hydrogens (primary N) is 1. The lowest BCUT2D eigenvalue weighted by atomic mass is 9.99. The first-order chi connectivity index (χ1) is 12.5. The highest BCUT2D eigenvalue weighted by atomic mass is 16.4. The molecule has 0 radical (unpaired) electrons. The average molecular weight is 346 g/mol. The fourth-order valence-electron chi connectivity index (χ4n) is 3.16. The number of aromatic amines is 1. The van der Waals surface area contributed by atoms with E-state index in [1.54, 1.807) is 12.3 Å². The lowest BCUT2D eigenvalue weighted by molar-refractivity contribution is 0.0700. The molecule has 5 N–H and O–H groups in total. The molecule has 2 aromatic carbocycles. The molecule has 7 nitrogen and oxygen atoms in total. The van der Waals surface area contributed by atoms with Gasteiger partial charge in [0.2, 0.25) is 0 Å². The molecule has 4 aromatic rings. The third kappa shape index (κ3) is 2.51. The number of urea groups is 1. The zero-order chi connectivity index (χ0) is 18.3. The molecule has 0 unspecified atom stereocenters. The molecule has 0 atom stereocenters. The molecule has 2 amide bonds. The number of hydrogen-bond donors (Lipinski definition) is 4. The van der Waals surface area contributed by atoms with Crippen LogP contribution in [-0.2, 0) is 0 Å². The maximum atomic E-state index is 11.6. The van der Waals surface area contributed by atoms with Crippen molar-refractivity contribution in [2.45, 2.75) is 0 Å². The quantitative estimate of drug-likeness (QED) is 0.453. The lowest BCUT2D eigenvalue weighted by Crippen LogP contribution is -2.20. The maximum absolute atomic E-state index is 11.6. The molecule has 2 aromatic heterocycles. The number of amides is 2. The molecule has 0 aliphatic rings. The van der Waals surface area contributed by atoms with Gasteiger partial charge in [-0.2, -0.15) is 0 Å². The van der Waals surface area contributed by atoms with E-state index in [0.717, 1.165) is 22.0 Å². The second kappa shape index (κ2) is 5.89. The largest absolute Gasteiger partial charge is 0.478 e. The molecule has 0 saturated heterocycles. The van der Waals surface area contributed by atoms with Crippen LogP contribution in [-0.4, -0.2) is 27.1 Å². The van der Waals surface area contributed by atoms with E-state index >= 15 is 0 Å². The molecule has 0 saturated carbocycles. The molecule has 0 fully saturated rings. The van der Waals surface area contributed by atoms with Gasteiger partial charge in [-0.25, -0.2) is 9.59 Å². The number of benzene rings is 2. The van der Waals surface area contributed by atoms with Gasteiger partial charge in [0, 0.05) is 22.5 Å². The molecule has 0 aliphatic heterocycles. The van der Waals surface area contributed by atoms with Gasteiger partial charge in [0.25, 0.3) is 0 Å². The number of primary amides is 1. The van der Waals surface area contributed by atoms with E-state index in [1.807, 2.05) is 42.5 Å². The number of nitrogens with zero attached hydrogens (tertiary/aromatic N) is 1. The molecule has 0 bridgehead atoms. The molecule has 128 valence electrons. The van der Waals surface area contributed by atoms with Crippen molar-refractivity contribution in [2.75, 3.05) is 5.32 Å². The first kappa shape index (κ1) is 15.6. The number of rotatable bonds is 3. The molecule has 2 heterocycles. The van der Waals surface area contributed by atoms with Crippen molar-refractivity contribution in [3.8, 4) is 11.1 Å². The smallest absolute Gasteiger partial charge is 0.340 e. The van der Waals surface area contributed by atoms with Gasteiger partial charge in [0.15, 0.2) is 0 Å². The van der Waals surface area contributed by atoms with Crippen LogP contribution in [0.25, 0.3) is 32.9 Å².